The number of nitriles is 1. The van der Waals surface area contributed by atoms with E-state index in [1.807, 2.05) is 95.7 Å². The van der Waals surface area contributed by atoms with Crippen LogP contribution in [0, 0.1) is 37.2 Å². The first-order valence-electron chi connectivity index (χ1n) is 26.2. The molecule has 0 saturated heterocycles. The van der Waals surface area contributed by atoms with Gasteiger partial charge in [-0.1, -0.05) is 95.8 Å². The maximum atomic E-state index is 9.51. The molecule has 0 aliphatic heterocycles. The molecule has 8 nitrogen and oxygen atoms in total. The van der Waals surface area contributed by atoms with E-state index >= 15 is 0 Å². The fourth-order valence-corrected chi connectivity index (χ4v) is 10.2. The van der Waals surface area contributed by atoms with Gasteiger partial charge in [0.1, 0.15) is 11.8 Å². The van der Waals surface area contributed by atoms with Crippen LogP contribution < -0.4 is 0 Å². The third kappa shape index (κ3) is 8.22. The SMILES string of the molecule is CC(C)(C)c1ccnc(-c2[c-]cccc2)n1.[2H]C([2H])([2H])c1sc2ccc3nc(-c4[c-]ccc5c4oc4c5ccc5c6ccc(C#N)nc6oc54)n(-c4c(C(C)C)cc(-c5ccccc5)cc4C(C)C)c3c2c1C([2H])([2H])[2H].[Ir]. The first kappa shape index (κ1) is 40.4. The van der Waals surface area contributed by atoms with Crippen LogP contribution in [0.2, 0.25) is 0 Å². The third-order valence-electron chi connectivity index (χ3n) is 12.8. The standard InChI is InChI=1S/C47H35N4O2S.C14H15N2.Ir/c1-24(2)36-21-29(28-11-8-7-9-12-28)22-37(25(3)4)41(36)51-42-38(19-20-39-40(42)26(5)27(6)54-39)50-46(51)35-14-10-13-31-32-17-18-33-34-16-15-30(23-48)49-47(34)53-45(33)44(32)52-43(31)35;1-14(2,3)12-9-10-15-13(16-12)11-7-5-4-6-8-11;/h7-13,15-22,24-25H,1-6H3;4-7,9-10H,1-3H3;/q2*-1;/i5D3,6D3;;. The Bertz CT molecular complexity index is 4250. The van der Waals surface area contributed by atoms with Gasteiger partial charge in [-0.25, -0.2) is 4.98 Å². The van der Waals surface area contributed by atoms with Crippen molar-refractivity contribution in [3.05, 3.63) is 173 Å². The van der Waals surface area contributed by atoms with Gasteiger partial charge < -0.3 is 13.4 Å². The van der Waals surface area contributed by atoms with Gasteiger partial charge in [-0.05, 0) is 102 Å². The second-order valence-corrected chi connectivity index (χ2v) is 20.2. The first-order chi connectivity index (χ1) is 36.2. The van der Waals surface area contributed by atoms with E-state index in [0.29, 0.717) is 55.0 Å². The summed E-state index contributed by atoms with van der Waals surface area (Å²) in [5.41, 5.74) is 10.4. The molecule has 0 amide bonds. The minimum atomic E-state index is -2.75. The number of aromatic nitrogens is 5. The van der Waals surface area contributed by atoms with E-state index in [-0.39, 0.29) is 53.5 Å². The molecule has 0 aliphatic carbocycles. The van der Waals surface area contributed by atoms with Gasteiger partial charge in [-0.2, -0.15) is 5.26 Å². The molecule has 0 unspecified atom stereocenters. The van der Waals surface area contributed by atoms with Gasteiger partial charge in [-0.3, -0.25) is 15.0 Å². The molecule has 1 radical (unpaired) electrons. The van der Waals surface area contributed by atoms with Gasteiger partial charge in [0.15, 0.2) is 11.2 Å². The predicted molar refractivity (Wildman–Crippen MR) is 286 cm³/mol. The van der Waals surface area contributed by atoms with Crippen LogP contribution in [0.15, 0.2) is 136 Å². The van der Waals surface area contributed by atoms with Crippen molar-refractivity contribution in [2.24, 2.45) is 0 Å². The topological polar surface area (TPSA) is 107 Å². The Morgan fingerprint density at radius 3 is 2.13 bits per heavy atom. The van der Waals surface area contributed by atoms with Gasteiger partial charge in [0, 0.05) is 82.4 Å². The summed E-state index contributed by atoms with van der Waals surface area (Å²) in [7, 11) is 0. The number of aryl methyl sites for hydroxylation is 2. The molecule has 0 saturated carbocycles. The molecule has 12 rings (SSSR count). The molecule has 353 valence electrons. The molecule has 0 fully saturated rings. The summed E-state index contributed by atoms with van der Waals surface area (Å²) in [6, 6.07) is 47.8. The zero-order chi connectivity index (χ0) is 53.6. The molecule has 0 aliphatic rings. The van der Waals surface area contributed by atoms with Crippen LogP contribution >= 0.6 is 11.3 Å². The molecule has 6 aromatic heterocycles. The molecule has 12 aromatic rings. The Morgan fingerprint density at radius 2 is 1.44 bits per heavy atom. The molecule has 0 spiro atoms. The van der Waals surface area contributed by atoms with E-state index in [9.17, 15) is 5.26 Å². The number of hydrogen-bond donors (Lipinski definition) is 0. The molecular formula is C61H50IrN6O2S-2. The fraction of sp³-hybridized carbons (Fsp3) is 0.197. The van der Waals surface area contributed by atoms with Crippen molar-refractivity contribution in [1.82, 2.24) is 24.5 Å². The Hall–Kier alpha value is -7.28. The molecule has 71 heavy (non-hydrogen) atoms. The van der Waals surface area contributed by atoms with Crippen molar-refractivity contribution in [3.8, 4) is 45.7 Å². The normalized spacial score (nSPS) is 13.5. The Kier molecular flexibility index (Phi) is 10.5. The molecule has 6 aromatic carbocycles. The van der Waals surface area contributed by atoms with Crippen LogP contribution in [0.5, 0.6) is 0 Å². The summed E-state index contributed by atoms with van der Waals surface area (Å²) < 4.78 is 67.4. The van der Waals surface area contributed by atoms with Crippen LogP contribution in [-0.4, -0.2) is 24.5 Å². The van der Waals surface area contributed by atoms with Gasteiger partial charge >= 0.3 is 0 Å². The number of fused-ring (bicyclic) bond motifs is 10. The van der Waals surface area contributed by atoms with Crippen molar-refractivity contribution in [1.29, 1.82) is 5.26 Å². The maximum absolute atomic E-state index is 9.51. The van der Waals surface area contributed by atoms with E-state index in [1.165, 1.54) is 0 Å². The Balaban J connectivity index is 0.000000339. The van der Waals surface area contributed by atoms with E-state index < -0.39 is 13.7 Å². The van der Waals surface area contributed by atoms with Crippen LogP contribution in [-0.2, 0) is 25.5 Å². The van der Waals surface area contributed by atoms with Crippen LogP contribution in [0.3, 0.4) is 0 Å². The first-order valence-corrected chi connectivity index (χ1v) is 24.1. The maximum Gasteiger partial charge on any atom is 0.228 e. The largest absolute Gasteiger partial charge is 0.497 e. The van der Waals surface area contributed by atoms with Gasteiger partial charge in [0.2, 0.25) is 5.71 Å². The number of imidazole rings is 1. The molecule has 0 bridgehead atoms. The third-order valence-corrected chi connectivity index (χ3v) is 13.8. The zero-order valence-corrected chi connectivity index (χ0v) is 43.2. The van der Waals surface area contributed by atoms with Gasteiger partial charge in [0.25, 0.3) is 0 Å². The number of hydrogen-bond acceptors (Lipinski definition) is 8. The van der Waals surface area contributed by atoms with Crippen LogP contribution in [0.4, 0.5) is 0 Å². The summed E-state index contributed by atoms with van der Waals surface area (Å²) in [6.45, 7) is 9.56. The smallest absolute Gasteiger partial charge is 0.228 e. The molecule has 10 heteroatoms. The summed E-state index contributed by atoms with van der Waals surface area (Å²) in [6.07, 6.45) is 1.81. The quantitative estimate of drug-likeness (QED) is 0.153. The van der Waals surface area contributed by atoms with E-state index in [1.54, 1.807) is 12.1 Å². The van der Waals surface area contributed by atoms with Crippen molar-refractivity contribution in [2.75, 3.05) is 0 Å². The van der Waals surface area contributed by atoms with Crippen molar-refractivity contribution in [3.63, 3.8) is 0 Å². The van der Waals surface area contributed by atoms with E-state index in [0.717, 1.165) is 77.9 Å². The van der Waals surface area contributed by atoms with Gasteiger partial charge in [-0.15, -0.1) is 65.4 Å². The average Bonchev–Trinajstić information content (AvgIpc) is 4.40. The summed E-state index contributed by atoms with van der Waals surface area (Å²) >= 11 is 0.989. The average molecular weight is 1130 g/mol. The summed E-state index contributed by atoms with van der Waals surface area (Å²) in [5, 5.41) is 13.0. The van der Waals surface area contributed by atoms with Crippen molar-refractivity contribution in [2.45, 2.75) is 79.4 Å². The molecule has 0 atom stereocenters. The van der Waals surface area contributed by atoms with Crippen molar-refractivity contribution < 1.29 is 37.2 Å². The number of rotatable bonds is 6. The summed E-state index contributed by atoms with van der Waals surface area (Å²) in [5.74, 6) is 1.19. The second-order valence-electron chi connectivity index (χ2n) is 19.1. The Morgan fingerprint density at radius 1 is 0.718 bits per heavy atom. The Labute approximate surface area is 438 Å². The monoisotopic (exact) mass is 1130 g/mol. The number of nitrogens with zero attached hydrogens (tertiary/aromatic N) is 6. The summed E-state index contributed by atoms with van der Waals surface area (Å²) in [4.78, 5) is 18.4. The fourth-order valence-electron chi connectivity index (χ4n) is 9.33. The van der Waals surface area contributed by atoms with E-state index in [4.69, 9.17) is 22.0 Å². The van der Waals surface area contributed by atoms with Crippen LogP contribution in [0.1, 0.15) is 101 Å². The number of pyridine rings is 1. The molecule has 0 N–H and O–H groups in total. The van der Waals surface area contributed by atoms with Crippen LogP contribution in [0.25, 0.3) is 105 Å². The molecular weight excluding hydrogens is 1070 g/mol. The minimum absolute atomic E-state index is 0. The number of benzene rings is 6. The van der Waals surface area contributed by atoms with Gasteiger partial charge in [0.05, 0.1) is 28.3 Å². The second kappa shape index (κ2) is 18.5. The number of furan rings is 2. The predicted octanol–water partition coefficient (Wildman–Crippen LogP) is 16.5. The van der Waals surface area contributed by atoms with Crippen molar-refractivity contribution >= 4 is 76.5 Å². The van der Waals surface area contributed by atoms with E-state index in [2.05, 4.69) is 106 Å². The minimum Gasteiger partial charge on any atom is -0.497 e. The number of thiophene rings is 1. The zero-order valence-electron chi connectivity index (χ0n) is 46.0. The molecule has 6 heterocycles.